The van der Waals surface area contributed by atoms with E-state index in [4.69, 9.17) is 0 Å². The quantitative estimate of drug-likeness (QED) is 0.632. The molecule has 1 atom stereocenters. The molecule has 0 bridgehead atoms. The molecule has 8 nitrogen and oxygen atoms in total. The highest BCUT2D eigenvalue weighted by Gasteiger charge is 2.26. The van der Waals surface area contributed by atoms with Crippen LogP contribution in [0, 0.1) is 5.92 Å². The Morgan fingerprint density at radius 1 is 1.11 bits per heavy atom. The summed E-state index contributed by atoms with van der Waals surface area (Å²) >= 11 is 0. The number of likely N-dealkylation sites (tertiary alicyclic amines) is 1. The number of carbonyl (C=O) groups is 2. The van der Waals surface area contributed by atoms with Crippen molar-refractivity contribution in [3.05, 3.63) is 30.3 Å². The van der Waals surface area contributed by atoms with Crippen LogP contribution in [0.2, 0.25) is 0 Å². The zero-order chi connectivity index (χ0) is 19.3. The van der Waals surface area contributed by atoms with E-state index in [1.165, 1.54) is 12.1 Å². The molecular weight excluding hydrogens is 368 g/mol. The molecule has 2 fully saturated rings. The molecule has 148 valence electrons. The van der Waals surface area contributed by atoms with Crippen molar-refractivity contribution in [2.45, 2.75) is 36.6 Å². The van der Waals surface area contributed by atoms with Crippen LogP contribution in [0.25, 0.3) is 0 Å². The second-order valence-corrected chi connectivity index (χ2v) is 8.88. The minimum absolute atomic E-state index is 0.139. The van der Waals surface area contributed by atoms with Gasteiger partial charge in [0.05, 0.1) is 11.4 Å². The summed E-state index contributed by atoms with van der Waals surface area (Å²) in [6.45, 7) is 1.38. The summed E-state index contributed by atoms with van der Waals surface area (Å²) in [4.78, 5) is 25.9. The van der Waals surface area contributed by atoms with Gasteiger partial charge >= 0.3 is 6.03 Å². The average Bonchev–Trinajstić information content (AvgIpc) is 3.49. The van der Waals surface area contributed by atoms with Crippen LogP contribution in [0.5, 0.6) is 0 Å². The predicted molar refractivity (Wildman–Crippen MR) is 100 cm³/mol. The number of rotatable bonds is 7. The number of benzene rings is 1. The van der Waals surface area contributed by atoms with E-state index < -0.39 is 10.0 Å². The Hall–Kier alpha value is -2.13. The highest BCUT2D eigenvalue weighted by molar-refractivity contribution is 7.89. The van der Waals surface area contributed by atoms with Gasteiger partial charge in [0.1, 0.15) is 0 Å². The highest BCUT2D eigenvalue weighted by Crippen LogP contribution is 2.19. The van der Waals surface area contributed by atoms with Crippen molar-refractivity contribution >= 4 is 22.0 Å². The molecule has 1 heterocycles. The molecule has 0 radical (unpaired) electrons. The number of piperidine rings is 1. The lowest BCUT2D eigenvalue weighted by atomic mass is 9.98. The van der Waals surface area contributed by atoms with Crippen LogP contribution in [0.15, 0.2) is 35.2 Å². The Morgan fingerprint density at radius 2 is 1.85 bits per heavy atom. The standard InChI is InChI=1S/C18H26N4O4S/c23-17(12-20-27(25,26)16-6-2-1-3-7-16)22-10-4-5-14(13-22)11-19-18(24)21-15-8-9-15/h1-3,6-7,14-15,20H,4-5,8-13H2,(H2,19,21,24). The lowest BCUT2D eigenvalue weighted by molar-refractivity contribution is -0.131. The lowest BCUT2D eigenvalue weighted by Gasteiger charge is -2.33. The third kappa shape index (κ3) is 5.93. The molecule has 1 saturated carbocycles. The molecule has 27 heavy (non-hydrogen) atoms. The topological polar surface area (TPSA) is 108 Å². The summed E-state index contributed by atoms with van der Waals surface area (Å²) in [5, 5.41) is 5.73. The number of carbonyl (C=O) groups excluding carboxylic acids is 2. The minimum Gasteiger partial charge on any atom is -0.341 e. The van der Waals surface area contributed by atoms with E-state index in [1.807, 2.05) is 0 Å². The molecular formula is C18H26N4O4S. The van der Waals surface area contributed by atoms with E-state index in [-0.39, 0.29) is 29.3 Å². The summed E-state index contributed by atoms with van der Waals surface area (Å²) in [5.41, 5.74) is 0. The Balaban J connectivity index is 1.44. The van der Waals surface area contributed by atoms with Gasteiger partial charge < -0.3 is 15.5 Å². The Labute approximate surface area is 159 Å². The van der Waals surface area contributed by atoms with Gasteiger partial charge in [-0.05, 0) is 43.7 Å². The van der Waals surface area contributed by atoms with Gasteiger partial charge in [-0.25, -0.2) is 17.9 Å². The number of hydrogen-bond acceptors (Lipinski definition) is 4. The number of nitrogens with zero attached hydrogens (tertiary/aromatic N) is 1. The van der Waals surface area contributed by atoms with Gasteiger partial charge in [0.15, 0.2) is 0 Å². The lowest BCUT2D eigenvalue weighted by Crippen LogP contribution is -2.48. The maximum Gasteiger partial charge on any atom is 0.315 e. The molecule has 9 heteroatoms. The molecule has 3 amide bonds. The Kier molecular flexibility index (Phi) is 6.33. The first kappa shape index (κ1) is 19.6. The van der Waals surface area contributed by atoms with Crippen LogP contribution < -0.4 is 15.4 Å². The van der Waals surface area contributed by atoms with E-state index >= 15 is 0 Å². The summed E-state index contributed by atoms with van der Waals surface area (Å²) in [6, 6.07) is 8.14. The molecule has 3 rings (SSSR count). The van der Waals surface area contributed by atoms with Crippen molar-refractivity contribution in [2.24, 2.45) is 5.92 Å². The van der Waals surface area contributed by atoms with Crippen LogP contribution in [0.3, 0.4) is 0 Å². The van der Waals surface area contributed by atoms with Gasteiger partial charge in [-0.2, -0.15) is 0 Å². The number of urea groups is 1. The maximum atomic E-state index is 12.4. The predicted octanol–water partition coefficient (Wildman–Crippen LogP) is 0.665. The maximum absolute atomic E-state index is 12.4. The van der Waals surface area contributed by atoms with E-state index in [0.29, 0.717) is 25.7 Å². The largest absolute Gasteiger partial charge is 0.341 e. The summed E-state index contributed by atoms with van der Waals surface area (Å²) < 4.78 is 26.8. The van der Waals surface area contributed by atoms with E-state index in [9.17, 15) is 18.0 Å². The summed E-state index contributed by atoms with van der Waals surface area (Å²) in [6.07, 6.45) is 3.85. The minimum atomic E-state index is -3.70. The van der Waals surface area contributed by atoms with E-state index in [2.05, 4.69) is 15.4 Å². The van der Waals surface area contributed by atoms with E-state index in [0.717, 1.165) is 25.7 Å². The first-order chi connectivity index (χ1) is 12.9. The van der Waals surface area contributed by atoms with Crippen molar-refractivity contribution in [1.29, 1.82) is 0 Å². The fourth-order valence-electron chi connectivity index (χ4n) is 3.11. The number of hydrogen-bond donors (Lipinski definition) is 3. The van der Waals surface area contributed by atoms with Gasteiger partial charge in [0.2, 0.25) is 15.9 Å². The van der Waals surface area contributed by atoms with Crippen molar-refractivity contribution in [1.82, 2.24) is 20.3 Å². The fourth-order valence-corrected chi connectivity index (χ4v) is 4.11. The SMILES string of the molecule is O=C(NCC1CCCN(C(=O)CNS(=O)(=O)c2ccccc2)C1)NC1CC1. The molecule has 1 aromatic rings. The first-order valence-electron chi connectivity index (χ1n) is 9.31. The molecule has 1 aromatic carbocycles. The smallest absolute Gasteiger partial charge is 0.315 e. The van der Waals surface area contributed by atoms with E-state index in [1.54, 1.807) is 23.1 Å². The molecule has 0 spiro atoms. The number of nitrogens with one attached hydrogen (secondary N) is 3. The Bertz CT molecular complexity index is 765. The van der Waals surface area contributed by atoms with Gasteiger partial charge in [0.25, 0.3) is 0 Å². The molecule has 1 saturated heterocycles. The molecule has 0 aromatic heterocycles. The number of amides is 3. The fraction of sp³-hybridized carbons (Fsp3) is 0.556. The molecule has 1 aliphatic carbocycles. The molecule has 3 N–H and O–H groups in total. The second kappa shape index (κ2) is 8.71. The van der Waals surface area contributed by atoms with Crippen LogP contribution >= 0.6 is 0 Å². The van der Waals surface area contributed by atoms with Gasteiger partial charge in [-0.1, -0.05) is 18.2 Å². The first-order valence-corrected chi connectivity index (χ1v) is 10.8. The van der Waals surface area contributed by atoms with Crippen molar-refractivity contribution < 1.29 is 18.0 Å². The van der Waals surface area contributed by atoms with Crippen LogP contribution in [-0.4, -0.2) is 57.5 Å². The molecule has 1 aliphatic heterocycles. The zero-order valence-corrected chi connectivity index (χ0v) is 16.0. The zero-order valence-electron chi connectivity index (χ0n) is 15.2. The normalized spacial score (nSPS) is 20.1. The monoisotopic (exact) mass is 394 g/mol. The van der Waals surface area contributed by atoms with Crippen LogP contribution in [-0.2, 0) is 14.8 Å². The van der Waals surface area contributed by atoms with Crippen molar-refractivity contribution in [2.75, 3.05) is 26.2 Å². The van der Waals surface area contributed by atoms with Gasteiger partial charge in [0, 0.05) is 25.7 Å². The number of sulfonamides is 1. The molecule has 2 aliphatic rings. The van der Waals surface area contributed by atoms with Crippen LogP contribution in [0.1, 0.15) is 25.7 Å². The van der Waals surface area contributed by atoms with Gasteiger partial charge in [-0.3, -0.25) is 4.79 Å². The van der Waals surface area contributed by atoms with Crippen LogP contribution in [0.4, 0.5) is 4.79 Å². The second-order valence-electron chi connectivity index (χ2n) is 7.11. The molecule has 1 unspecified atom stereocenters. The highest BCUT2D eigenvalue weighted by atomic mass is 32.2. The summed E-state index contributed by atoms with van der Waals surface area (Å²) in [7, 11) is -3.70. The summed E-state index contributed by atoms with van der Waals surface area (Å²) in [5.74, 6) is -0.0694. The Morgan fingerprint density at radius 3 is 2.56 bits per heavy atom. The van der Waals surface area contributed by atoms with Gasteiger partial charge in [-0.15, -0.1) is 0 Å². The average molecular weight is 394 g/mol. The van der Waals surface area contributed by atoms with Crippen molar-refractivity contribution in [3.8, 4) is 0 Å². The van der Waals surface area contributed by atoms with Crippen molar-refractivity contribution in [3.63, 3.8) is 0 Å². The third-order valence-electron chi connectivity index (χ3n) is 4.80. The third-order valence-corrected chi connectivity index (χ3v) is 6.22.